The van der Waals surface area contributed by atoms with Gasteiger partial charge in [0.05, 0.1) is 0 Å². The molecule has 0 spiro atoms. The van der Waals surface area contributed by atoms with Crippen molar-refractivity contribution in [1.82, 2.24) is 0 Å². The van der Waals surface area contributed by atoms with Gasteiger partial charge in [0, 0.05) is 18.9 Å². The second-order valence-electron chi connectivity index (χ2n) is 0.922. The Morgan fingerprint density at radius 3 is 1.60 bits per heavy atom. The molecule has 0 atom stereocenters. The zero-order chi connectivity index (χ0) is 7.71. The van der Waals surface area contributed by atoms with E-state index in [1.807, 2.05) is 0 Å². The van der Waals surface area contributed by atoms with Gasteiger partial charge < -0.3 is 0 Å². The van der Waals surface area contributed by atoms with E-state index < -0.39 is 18.9 Å². The number of hydrogen-bond donors (Lipinski definition) is 1. The molecule has 0 bridgehead atoms. The van der Waals surface area contributed by atoms with E-state index >= 15 is 0 Å². The summed E-state index contributed by atoms with van der Waals surface area (Å²) in [7, 11) is -12.5. The molecular formula is HF4LiNO2S2. The van der Waals surface area contributed by atoms with Gasteiger partial charge in [0.25, 0.3) is 0 Å². The van der Waals surface area contributed by atoms with Crippen LogP contribution in [0.4, 0.5) is 16.1 Å². The van der Waals surface area contributed by atoms with Crippen LogP contribution >= 0.6 is 0 Å². The van der Waals surface area contributed by atoms with Crippen molar-refractivity contribution in [2.24, 2.45) is 4.58 Å². The third-order valence-electron chi connectivity index (χ3n) is 0.350. The molecule has 0 aromatic heterocycles. The maximum atomic E-state index is 11.3. The Labute approximate surface area is 67.2 Å². The predicted molar refractivity (Wildman–Crippen MR) is 30.3 cm³/mol. The third kappa shape index (κ3) is 3.00. The molecule has 0 rings (SSSR count). The average molecular weight is 194 g/mol. The van der Waals surface area contributed by atoms with Gasteiger partial charge in [-0.3, -0.25) is 0 Å². The molecule has 0 fully saturated rings. The van der Waals surface area contributed by atoms with E-state index in [4.69, 9.17) is 0 Å². The van der Waals surface area contributed by atoms with E-state index in [2.05, 4.69) is 0 Å². The first-order valence-electron chi connectivity index (χ1n) is 1.38. The molecular weight excluding hydrogens is 193 g/mol. The summed E-state index contributed by atoms with van der Waals surface area (Å²) in [5.41, 5.74) is 0. The average Bonchev–Trinajstić information content (AvgIpc) is 1.64. The fraction of sp³-hybridized carbons (Fsp3) is 0. The Balaban J connectivity index is 0. The largest absolute Gasteiger partial charge is 0.398 e. The molecule has 0 saturated carbocycles. The van der Waals surface area contributed by atoms with Crippen LogP contribution in [0.2, 0.25) is 0 Å². The van der Waals surface area contributed by atoms with E-state index in [0.29, 0.717) is 4.58 Å². The van der Waals surface area contributed by atoms with E-state index in [9.17, 15) is 24.6 Å². The van der Waals surface area contributed by atoms with E-state index in [1.54, 1.807) is 0 Å². The van der Waals surface area contributed by atoms with Crippen molar-refractivity contribution in [2.45, 2.75) is 0 Å². The minimum Gasteiger partial charge on any atom is -0.179 e. The molecule has 0 aromatic carbocycles. The van der Waals surface area contributed by atoms with Crippen LogP contribution in [0.1, 0.15) is 0 Å². The smallest absolute Gasteiger partial charge is 0.179 e. The summed E-state index contributed by atoms with van der Waals surface area (Å²) in [5.74, 6) is 0. The molecule has 59 valence electrons. The van der Waals surface area contributed by atoms with Crippen LogP contribution in [-0.2, 0) is 18.9 Å². The summed E-state index contributed by atoms with van der Waals surface area (Å²) in [6, 6.07) is 0. The molecule has 0 heterocycles. The van der Waals surface area contributed by atoms with E-state index in [0.717, 1.165) is 0 Å². The molecule has 10 heteroatoms. The molecule has 0 N–H and O–H groups in total. The van der Waals surface area contributed by atoms with Crippen molar-refractivity contribution in [3.63, 3.8) is 0 Å². The van der Waals surface area contributed by atoms with Gasteiger partial charge in [-0.15, -0.1) is 7.77 Å². The van der Waals surface area contributed by atoms with Crippen LogP contribution in [0.25, 0.3) is 0 Å². The number of nitrogens with zero attached hydrogens (tertiary/aromatic N) is 1. The first kappa shape index (κ1) is 13.0. The Morgan fingerprint density at radius 1 is 1.30 bits per heavy atom. The van der Waals surface area contributed by atoms with E-state index in [1.165, 1.54) is 0 Å². The summed E-state index contributed by atoms with van der Waals surface area (Å²) in [6.07, 6.45) is 0. The number of hydrogen-bond acceptors (Lipinski definition) is 3. The minimum atomic E-state index is -6.34. The fourth-order valence-corrected chi connectivity index (χ4v) is 0.332. The summed E-state index contributed by atoms with van der Waals surface area (Å²) in [4.78, 5) is 0. The molecule has 0 unspecified atom stereocenters. The van der Waals surface area contributed by atoms with Gasteiger partial charge >= 0.3 is 9.26 Å². The van der Waals surface area contributed by atoms with Gasteiger partial charge in [0.1, 0.15) is 0 Å². The maximum Gasteiger partial charge on any atom is 0.398 e. The van der Waals surface area contributed by atoms with Gasteiger partial charge in [-0.1, -0.05) is 8.37 Å². The zero-order valence-electron chi connectivity index (χ0n) is 4.63. The van der Waals surface area contributed by atoms with Crippen molar-refractivity contribution >= 4 is 37.7 Å². The van der Waals surface area contributed by atoms with Gasteiger partial charge in [-0.25, -0.2) is 0 Å². The van der Waals surface area contributed by atoms with Crippen molar-refractivity contribution in [1.29, 1.82) is 0 Å². The minimum absolute atomic E-state index is 0. The Kier molecular flexibility index (Phi) is 4.83. The molecule has 3 nitrogen and oxygen atoms in total. The normalized spacial score (nSPS) is 13.6. The molecule has 0 aromatic rings. The first-order chi connectivity index (χ1) is 3.81. The molecule has 1 radical (unpaired) electrons. The summed E-state index contributed by atoms with van der Waals surface area (Å²) >= 11 is 0. The maximum absolute atomic E-state index is 11.3. The molecule has 0 aliphatic rings. The molecule has 10 heavy (non-hydrogen) atoms. The Morgan fingerprint density at radius 2 is 1.60 bits per heavy atom. The summed E-state index contributed by atoms with van der Waals surface area (Å²) in [5, 5.41) is 0. The number of thiol groups is 1. The SMILES string of the molecule is O=S(=O)(F)[SH](F)(F)=NF.[Li]. The van der Waals surface area contributed by atoms with Gasteiger partial charge in [0.15, 0.2) is 0 Å². The van der Waals surface area contributed by atoms with Gasteiger partial charge in [-0.2, -0.15) is 8.42 Å². The number of halogens is 4. The van der Waals surface area contributed by atoms with Crippen LogP contribution in [0, 0.1) is 0 Å². The Bertz CT molecular complexity index is 238. The van der Waals surface area contributed by atoms with Crippen molar-refractivity contribution in [2.75, 3.05) is 0 Å². The van der Waals surface area contributed by atoms with Crippen molar-refractivity contribution in [3.8, 4) is 0 Å². The molecule has 0 saturated heterocycles. The van der Waals surface area contributed by atoms with Crippen molar-refractivity contribution in [3.05, 3.63) is 0 Å². The van der Waals surface area contributed by atoms with Gasteiger partial charge in [0.2, 0.25) is 9.63 Å². The molecule has 0 amide bonds. The van der Waals surface area contributed by atoms with Crippen LogP contribution in [0.5, 0.6) is 0 Å². The van der Waals surface area contributed by atoms with Crippen molar-refractivity contribution < 1.29 is 24.6 Å². The quantitative estimate of drug-likeness (QED) is 0.218. The molecule has 0 aliphatic carbocycles. The summed E-state index contributed by atoms with van der Waals surface area (Å²) < 4.78 is 63.2. The van der Waals surface area contributed by atoms with Crippen LogP contribution in [0.15, 0.2) is 4.58 Å². The van der Waals surface area contributed by atoms with Crippen LogP contribution in [0.3, 0.4) is 0 Å². The standard InChI is InChI=1S/F4HNO2S2.Li/c1-5-8(2,3)9(4,6)7;/h8H;. The molecule has 0 aliphatic heterocycles. The zero-order valence-corrected chi connectivity index (χ0v) is 6.34. The Hall–Kier alpha value is 0.417. The number of rotatable bonds is 1. The van der Waals surface area contributed by atoms with Crippen LogP contribution in [-0.4, -0.2) is 27.3 Å². The fourth-order valence-electron chi connectivity index (χ4n) is 0.0369. The monoisotopic (exact) mass is 194 g/mol. The predicted octanol–water partition coefficient (Wildman–Crippen LogP) is 0.543. The van der Waals surface area contributed by atoms with E-state index in [-0.39, 0.29) is 18.9 Å². The second-order valence-corrected chi connectivity index (χ2v) is 5.39. The van der Waals surface area contributed by atoms with Crippen LogP contribution < -0.4 is 0 Å². The topological polar surface area (TPSA) is 46.5 Å². The van der Waals surface area contributed by atoms with Gasteiger partial charge in [-0.05, 0) is 4.58 Å². The first-order valence-corrected chi connectivity index (χ1v) is 4.89. The summed E-state index contributed by atoms with van der Waals surface area (Å²) in [6.45, 7) is 0. The second kappa shape index (κ2) is 3.71. The third-order valence-corrected chi connectivity index (χ3v) is 2.81.